The summed E-state index contributed by atoms with van der Waals surface area (Å²) < 4.78 is 53.8. The summed E-state index contributed by atoms with van der Waals surface area (Å²) in [6.07, 6.45) is 0. The molecule has 8 heteroatoms. The minimum absolute atomic E-state index is 0.239. The second-order valence-corrected chi connectivity index (χ2v) is 6.90. The zero-order valence-electron chi connectivity index (χ0n) is 10.8. The number of nitrogen functional groups attached to an aromatic ring is 1. The van der Waals surface area contributed by atoms with Gasteiger partial charge in [0.25, 0.3) is 10.0 Å². The lowest BCUT2D eigenvalue weighted by molar-refractivity contribution is 0.553. The summed E-state index contributed by atoms with van der Waals surface area (Å²) in [5.74, 6) is -2.22. The van der Waals surface area contributed by atoms with Crippen LogP contribution in [0, 0.1) is 18.6 Å². The highest BCUT2D eigenvalue weighted by Gasteiger charge is 2.22. The van der Waals surface area contributed by atoms with Crippen LogP contribution in [-0.4, -0.2) is 8.42 Å². The van der Waals surface area contributed by atoms with E-state index in [-0.39, 0.29) is 5.69 Å². The molecule has 112 valence electrons. The number of aryl methyl sites for hydroxylation is 1. The molecule has 0 spiro atoms. The lowest BCUT2D eigenvalue weighted by atomic mass is 10.2. The maximum absolute atomic E-state index is 13.7. The molecule has 0 saturated heterocycles. The molecule has 0 saturated carbocycles. The second kappa shape index (κ2) is 5.61. The van der Waals surface area contributed by atoms with E-state index in [1.165, 1.54) is 6.07 Å². The minimum atomic E-state index is -4.22. The average molecular weight is 377 g/mol. The summed E-state index contributed by atoms with van der Waals surface area (Å²) in [4.78, 5) is -0.714. The van der Waals surface area contributed by atoms with Crippen molar-refractivity contribution in [2.75, 3.05) is 10.5 Å². The summed E-state index contributed by atoms with van der Waals surface area (Å²) in [6.45, 7) is 1.84. The van der Waals surface area contributed by atoms with E-state index in [1.807, 2.05) is 6.92 Å². The van der Waals surface area contributed by atoms with Crippen LogP contribution in [-0.2, 0) is 10.0 Å². The molecular formula is C13H11BrF2N2O2S. The maximum atomic E-state index is 13.7. The Kier molecular flexibility index (Phi) is 4.20. The molecule has 0 atom stereocenters. The largest absolute Gasteiger partial charge is 0.396 e. The Morgan fingerprint density at radius 1 is 1.14 bits per heavy atom. The molecule has 2 rings (SSSR count). The molecule has 0 fully saturated rings. The molecular weight excluding hydrogens is 366 g/mol. The third kappa shape index (κ3) is 3.33. The number of hydrogen-bond acceptors (Lipinski definition) is 3. The summed E-state index contributed by atoms with van der Waals surface area (Å²) in [7, 11) is -4.22. The van der Waals surface area contributed by atoms with Crippen LogP contribution in [0.5, 0.6) is 0 Å². The van der Waals surface area contributed by atoms with Crippen molar-refractivity contribution in [3.63, 3.8) is 0 Å². The molecule has 0 heterocycles. The summed E-state index contributed by atoms with van der Waals surface area (Å²) >= 11 is 3.21. The number of halogens is 3. The fourth-order valence-electron chi connectivity index (χ4n) is 1.65. The number of sulfonamides is 1. The van der Waals surface area contributed by atoms with Gasteiger partial charge in [-0.1, -0.05) is 6.07 Å². The lowest BCUT2D eigenvalue weighted by Crippen LogP contribution is -2.15. The Hall–Kier alpha value is -1.67. The van der Waals surface area contributed by atoms with Crippen molar-refractivity contribution in [2.45, 2.75) is 11.8 Å². The fourth-order valence-corrected chi connectivity index (χ4v) is 3.55. The number of hydrogen-bond donors (Lipinski definition) is 2. The van der Waals surface area contributed by atoms with Crippen LogP contribution in [0.25, 0.3) is 0 Å². The second-order valence-electron chi connectivity index (χ2n) is 4.39. The van der Waals surface area contributed by atoms with E-state index in [0.717, 1.165) is 11.6 Å². The zero-order valence-corrected chi connectivity index (χ0v) is 13.2. The van der Waals surface area contributed by atoms with Crippen LogP contribution >= 0.6 is 15.9 Å². The van der Waals surface area contributed by atoms with Crippen LogP contribution in [0.15, 0.2) is 39.7 Å². The van der Waals surface area contributed by atoms with Gasteiger partial charge in [-0.05, 0) is 46.6 Å². The Morgan fingerprint density at radius 3 is 2.43 bits per heavy atom. The van der Waals surface area contributed by atoms with Crippen LogP contribution in [0.4, 0.5) is 20.2 Å². The molecule has 0 bridgehead atoms. The van der Waals surface area contributed by atoms with E-state index in [4.69, 9.17) is 5.73 Å². The zero-order chi connectivity index (χ0) is 15.8. The highest BCUT2D eigenvalue weighted by molar-refractivity contribution is 9.10. The maximum Gasteiger partial charge on any atom is 0.264 e. The minimum Gasteiger partial charge on any atom is -0.396 e. The third-order valence-electron chi connectivity index (χ3n) is 2.71. The molecule has 3 N–H and O–H groups in total. The van der Waals surface area contributed by atoms with E-state index >= 15 is 0 Å². The predicted molar refractivity (Wildman–Crippen MR) is 80.5 cm³/mol. The van der Waals surface area contributed by atoms with Gasteiger partial charge in [0.1, 0.15) is 16.5 Å². The smallest absolute Gasteiger partial charge is 0.264 e. The normalized spacial score (nSPS) is 11.4. The van der Waals surface area contributed by atoms with Gasteiger partial charge in [-0.2, -0.15) is 0 Å². The topological polar surface area (TPSA) is 72.2 Å². The molecule has 0 amide bonds. The molecule has 0 aromatic heterocycles. The molecule has 0 aliphatic carbocycles. The summed E-state index contributed by atoms with van der Waals surface area (Å²) in [5.41, 5.74) is 6.00. The molecule has 0 aliphatic rings. The van der Waals surface area contributed by atoms with E-state index in [1.54, 1.807) is 12.1 Å². The standard InChI is InChI=1S/C13H11BrF2N2O2S/c1-7-2-3-12(8(14)4-7)18-21(19,20)13-6-11(17)9(15)5-10(13)16/h2-6,18H,17H2,1H3. The van der Waals surface area contributed by atoms with Gasteiger partial charge < -0.3 is 5.73 Å². The molecule has 2 aromatic rings. The van der Waals surface area contributed by atoms with Gasteiger partial charge in [-0.25, -0.2) is 17.2 Å². The van der Waals surface area contributed by atoms with Gasteiger partial charge in [0.05, 0.1) is 11.4 Å². The third-order valence-corrected chi connectivity index (χ3v) is 4.75. The number of nitrogens with two attached hydrogens (primary N) is 1. The summed E-state index contributed by atoms with van der Waals surface area (Å²) in [5, 5.41) is 0. The highest BCUT2D eigenvalue weighted by atomic mass is 79.9. The predicted octanol–water partition coefficient (Wildman–Crippen LogP) is 3.42. The number of nitrogens with one attached hydrogen (secondary N) is 1. The van der Waals surface area contributed by atoms with Gasteiger partial charge in [-0.15, -0.1) is 0 Å². The Morgan fingerprint density at radius 2 is 1.81 bits per heavy atom. The molecule has 0 aliphatic heterocycles. The van der Waals surface area contributed by atoms with E-state index in [2.05, 4.69) is 20.7 Å². The highest BCUT2D eigenvalue weighted by Crippen LogP contribution is 2.28. The Balaban J connectivity index is 2.46. The van der Waals surface area contributed by atoms with Crippen molar-refractivity contribution in [3.8, 4) is 0 Å². The van der Waals surface area contributed by atoms with Gasteiger partial charge >= 0.3 is 0 Å². The van der Waals surface area contributed by atoms with Crippen molar-refractivity contribution in [2.24, 2.45) is 0 Å². The van der Waals surface area contributed by atoms with Gasteiger partial charge in [0.15, 0.2) is 0 Å². The first-order valence-electron chi connectivity index (χ1n) is 5.74. The number of rotatable bonds is 3. The first kappa shape index (κ1) is 15.7. The van der Waals surface area contributed by atoms with Crippen LogP contribution in [0.1, 0.15) is 5.56 Å². The average Bonchev–Trinajstić information content (AvgIpc) is 2.37. The molecule has 0 radical (unpaired) electrons. The first-order valence-corrected chi connectivity index (χ1v) is 8.02. The van der Waals surface area contributed by atoms with Crippen molar-refractivity contribution in [3.05, 3.63) is 52.0 Å². The van der Waals surface area contributed by atoms with Gasteiger partial charge in [0.2, 0.25) is 0 Å². The van der Waals surface area contributed by atoms with Crippen LogP contribution < -0.4 is 10.5 Å². The first-order chi connectivity index (χ1) is 9.70. The fraction of sp³-hybridized carbons (Fsp3) is 0.0769. The van der Waals surface area contributed by atoms with E-state index in [0.29, 0.717) is 10.5 Å². The number of benzene rings is 2. The van der Waals surface area contributed by atoms with Gasteiger partial charge in [-0.3, -0.25) is 4.72 Å². The van der Waals surface area contributed by atoms with Crippen molar-refractivity contribution in [1.82, 2.24) is 0 Å². The molecule has 4 nitrogen and oxygen atoms in total. The van der Waals surface area contributed by atoms with E-state index in [9.17, 15) is 17.2 Å². The quantitative estimate of drug-likeness (QED) is 0.806. The van der Waals surface area contributed by atoms with Crippen LogP contribution in [0.3, 0.4) is 0 Å². The Bertz CT molecular complexity index is 810. The lowest BCUT2D eigenvalue weighted by Gasteiger charge is -2.11. The van der Waals surface area contributed by atoms with E-state index < -0.39 is 32.2 Å². The SMILES string of the molecule is Cc1ccc(NS(=O)(=O)c2cc(N)c(F)cc2F)c(Br)c1. The van der Waals surface area contributed by atoms with Crippen molar-refractivity contribution < 1.29 is 17.2 Å². The monoisotopic (exact) mass is 376 g/mol. The molecule has 0 unspecified atom stereocenters. The molecule has 21 heavy (non-hydrogen) atoms. The van der Waals surface area contributed by atoms with Crippen molar-refractivity contribution >= 4 is 37.3 Å². The summed E-state index contributed by atoms with van der Waals surface area (Å²) in [6, 6.07) is 6.11. The van der Waals surface area contributed by atoms with Crippen molar-refractivity contribution in [1.29, 1.82) is 0 Å². The molecule has 2 aromatic carbocycles. The Labute approximate surface area is 129 Å². The van der Waals surface area contributed by atoms with Gasteiger partial charge in [0, 0.05) is 10.5 Å². The van der Waals surface area contributed by atoms with Crippen LogP contribution in [0.2, 0.25) is 0 Å². The number of anilines is 2.